The summed E-state index contributed by atoms with van der Waals surface area (Å²) >= 11 is 0.951. The van der Waals surface area contributed by atoms with Crippen molar-refractivity contribution in [3.63, 3.8) is 0 Å². The van der Waals surface area contributed by atoms with Gasteiger partial charge in [-0.3, -0.25) is 4.79 Å². The summed E-state index contributed by atoms with van der Waals surface area (Å²) in [5.74, 6) is -0.453. The van der Waals surface area contributed by atoms with Crippen molar-refractivity contribution in [3.8, 4) is 11.5 Å². The standard InChI is InChI=1S/C19H16F3N3O2S/c1-11-7-12(2)9-13(8-11)17-24-25-18(27-17)28-10-16(26)23-15-6-4-3-5-14(15)19(20,21)22/h3-9H,10H2,1-2H3,(H,23,26). The molecule has 1 N–H and O–H groups in total. The third-order valence-corrected chi connectivity index (χ3v) is 4.53. The van der Waals surface area contributed by atoms with Gasteiger partial charge in [0.2, 0.25) is 11.8 Å². The maximum absolute atomic E-state index is 13.0. The van der Waals surface area contributed by atoms with Crippen LogP contribution in [0, 0.1) is 13.8 Å². The fourth-order valence-electron chi connectivity index (χ4n) is 2.64. The van der Waals surface area contributed by atoms with Gasteiger partial charge < -0.3 is 9.73 Å². The molecule has 0 bridgehead atoms. The van der Waals surface area contributed by atoms with Crippen LogP contribution in [0.25, 0.3) is 11.5 Å². The number of thioether (sulfide) groups is 1. The number of nitrogens with one attached hydrogen (secondary N) is 1. The van der Waals surface area contributed by atoms with Crippen LogP contribution in [0.5, 0.6) is 0 Å². The fourth-order valence-corrected chi connectivity index (χ4v) is 3.20. The Kier molecular flexibility index (Phi) is 5.73. The maximum atomic E-state index is 13.0. The number of amides is 1. The van der Waals surface area contributed by atoms with Crippen LogP contribution >= 0.6 is 11.8 Å². The first-order valence-corrected chi connectivity index (χ1v) is 9.22. The van der Waals surface area contributed by atoms with Crippen molar-refractivity contribution in [2.45, 2.75) is 25.2 Å². The number of carbonyl (C=O) groups is 1. The van der Waals surface area contributed by atoms with E-state index in [1.807, 2.05) is 32.0 Å². The lowest BCUT2D eigenvalue weighted by Crippen LogP contribution is -2.18. The van der Waals surface area contributed by atoms with E-state index >= 15 is 0 Å². The number of halogens is 3. The smallest absolute Gasteiger partial charge is 0.411 e. The molecule has 0 saturated carbocycles. The summed E-state index contributed by atoms with van der Waals surface area (Å²) in [5.41, 5.74) is 1.67. The molecule has 3 rings (SSSR count). The molecule has 0 saturated heterocycles. The number of hydrogen-bond acceptors (Lipinski definition) is 5. The first-order chi connectivity index (χ1) is 13.2. The minimum atomic E-state index is -4.55. The number of anilines is 1. The van der Waals surface area contributed by atoms with Crippen LogP contribution in [0.3, 0.4) is 0 Å². The zero-order valence-electron chi connectivity index (χ0n) is 15.0. The van der Waals surface area contributed by atoms with E-state index in [1.54, 1.807) is 0 Å². The summed E-state index contributed by atoms with van der Waals surface area (Å²) in [6.45, 7) is 3.90. The molecule has 0 aliphatic rings. The fraction of sp³-hybridized carbons (Fsp3) is 0.211. The molecule has 3 aromatic rings. The number of aromatic nitrogens is 2. The lowest BCUT2D eigenvalue weighted by Gasteiger charge is -2.13. The van der Waals surface area contributed by atoms with Gasteiger partial charge in [-0.25, -0.2) is 0 Å². The Morgan fingerprint density at radius 2 is 1.79 bits per heavy atom. The molecular formula is C19H16F3N3O2S. The van der Waals surface area contributed by atoms with Gasteiger partial charge in [0.1, 0.15) is 0 Å². The van der Waals surface area contributed by atoms with Crippen molar-refractivity contribution in [3.05, 3.63) is 59.2 Å². The molecule has 9 heteroatoms. The molecule has 0 unspecified atom stereocenters. The molecule has 1 amide bonds. The Hall–Kier alpha value is -2.81. The summed E-state index contributed by atoms with van der Waals surface area (Å²) in [6.07, 6.45) is -4.55. The number of carbonyl (C=O) groups excluding carboxylic acids is 1. The van der Waals surface area contributed by atoms with E-state index in [2.05, 4.69) is 15.5 Å². The molecule has 28 heavy (non-hydrogen) atoms. The molecular weight excluding hydrogens is 391 g/mol. The number of benzene rings is 2. The molecule has 1 aromatic heterocycles. The average Bonchev–Trinajstić information content (AvgIpc) is 3.08. The molecule has 0 aliphatic heterocycles. The topological polar surface area (TPSA) is 68.0 Å². The van der Waals surface area contributed by atoms with Crippen molar-refractivity contribution in [2.75, 3.05) is 11.1 Å². The Morgan fingerprint density at radius 3 is 2.46 bits per heavy atom. The lowest BCUT2D eigenvalue weighted by molar-refractivity contribution is -0.137. The first kappa shape index (κ1) is 19.9. The number of alkyl halides is 3. The second kappa shape index (κ2) is 8.05. The molecule has 1 heterocycles. The molecule has 146 valence electrons. The van der Waals surface area contributed by atoms with Crippen LogP contribution in [0.15, 0.2) is 52.1 Å². The van der Waals surface area contributed by atoms with Gasteiger partial charge in [0.05, 0.1) is 17.0 Å². The zero-order valence-corrected chi connectivity index (χ0v) is 15.8. The van der Waals surface area contributed by atoms with E-state index in [-0.39, 0.29) is 16.7 Å². The van der Waals surface area contributed by atoms with Crippen LogP contribution in [-0.4, -0.2) is 21.9 Å². The predicted molar refractivity (Wildman–Crippen MR) is 100 cm³/mol. The lowest BCUT2D eigenvalue weighted by atomic mass is 10.1. The van der Waals surface area contributed by atoms with Gasteiger partial charge >= 0.3 is 6.18 Å². The molecule has 0 fully saturated rings. The van der Waals surface area contributed by atoms with Crippen LogP contribution < -0.4 is 5.32 Å². The summed E-state index contributed by atoms with van der Waals surface area (Å²) in [7, 11) is 0. The second-order valence-electron chi connectivity index (χ2n) is 6.13. The van der Waals surface area contributed by atoms with Gasteiger partial charge in [0.25, 0.3) is 5.22 Å². The van der Waals surface area contributed by atoms with E-state index in [4.69, 9.17) is 4.42 Å². The molecule has 2 aromatic carbocycles. The van der Waals surface area contributed by atoms with Crippen molar-refractivity contribution in [2.24, 2.45) is 0 Å². The second-order valence-corrected chi connectivity index (χ2v) is 7.06. The van der Waals surface area contributed by atoms with Crippen LogP contribution in [0.2, 0.25) is 0 Å². The Labute approximate surface area is 163 Å². The van der Waals surface area contributed by atoms with Gasteiger partial charge in [-0.05, 0) is 38.1 Å². The van der Waals surface area contributed by atoms with E-state index in [9.17, 15) is 18.0 Å². The number of nitrogens with zero attached hydrogens (tertiary/aromatic N) is 2. The number of para-hydroxylation sites is 1. The Morgan fingerprint density at radius 1 is 1.11 bits per heavy atom. The predicted octanol–water partition coefficient (Wildman–Crippen LogP) is 5.10. The first-order valence-electron chi connectivity index (χ1n) is 8.23. The largest absolute Gasteiger partial charge is 0.418 e. The zero-order chi connectivity index (χ0) is 20.3. The number of hydrogen-bond donors (Lipinski definition) is 1. The molecule has 0 aliphatic carbocycles. The van der Waals surface area contributed by atoms with Gasteiger partial charge in [0.15, 0.2) is 0 Å². The summed E-state index contributed by atoms with van der Waals surface area (Å²) < 4.78 is 44.5. The van der Waals surface area contributed by atoms with Gasteiger partial charge in [-0.15, -0.1) is 10.2 Å². The highest BCUT2D eigenvalue weighted by molar-refractivity contribution is 7.99. The van der Waals surface area contributed by atoms with Crippen molar-refractivity contribution >= 4 is 23.4 Å². The highest BCUT2D eigenvalue weighted by Gasteiger charge is 2.33. The quantitative estimate of drug-likeness (QED) is 0.596. The monoisotopic (exact) mass is 407 g/mol. The van der Waals surface area contributed by atoms with Gasteiger partial charge in [0, 0.05) is 5.56 Å². The third kappa shape index (κ3) is 4.92. The van der Waals surface area contributed by atoms with E-state index in [0.717, 1.165) is 34.5 Å². The summed E-state index contributed by atoms with van der Waals surface area (Å²) in [5, 5.41) is 10.3. The molecule has 5 nitrogen and oxygen atoms in total. The van der Waals surface area contributed by atoms with E-state index < -0.39 is 17.6 Å². The highest BCUT2D eigenvalue weighted by atomic mass is 32.2. The Bertz CT molecular complexity index is 982. The van der Waals surface area contributed by atoms with Crippen molar-refractivity contribution in [1.82, 2.24) is 10.2 Å². The van der Waals surface area contributed by atoms with Gasteiger partial charge in [-0.2, -0.15) is 13.2 Å². The Balaban J connectivity index is 1.64. The summed E-state index contributed by atoms with van der Waals surface area (Å²) in [4.78, 5) is 12.0. The van der Waals surface area contributed by atoms with E-state index in [0.29, 0.717) is 5.89 Å². The van der Waals surface area contributed by atoms with E-state index in [1.165, 1.54) is 18.2 Å². The minimum Gasteiger partial charge on any atom is -0.411 e. The average molecular weight is 407 g/mol. The van der Waals surface area contributed by atoms with Crippen LogP contribution in [0.4, 0.5) is 18.9 Å². The van der Waals surface area contributed by atoms with Gasteiger partial charge in [-0.1, -0.05) is 41.1 Å². The van der Waals surface area contributed by atoms with Crippen molar-refractivity contribution in [1.29, 1.82) is 0 Å². The highest BCUT2D eigenvalue weighted by Crippen LogP contribution is 2.34. The number of rotatable bonds is 5. The molecule has 0 spiro atoms. The SMILES string of the molecule is Cc1cc(C)cc(-c2nnc(SCC(=O)Nc3ccccc3C(F)(F)F)o2)c1. The van der Waals surface area contributed by atoms with Crippen molar-refractivity contribution < 1.29 is 22.4 Å². The maximum Gasteiger partial charge on any atom is 0.418 e. The normalized spacial score (nSPS) is 11.5. The van der Waals surface area contributed by atoms with Crippen LogP contribution in [0.1, 0.15) is 16.7 Å². The minimum absolute atomic E-state index is 0.161. The molecule has 0 atom stereocenters. The summed E-state index contributed by atoms with van der Waals surface area (Å²) in [6, 6.07) is 10.6. The third-order valence-electron chi connectivity index (χ3n) is 3.71. The van der Waals surface area contributed by atoms with Crippen LogP contribution in [-0.2, 0) is 11.0 Å². The number of aryl methyl sites for hydroxylation is 2. The molecule has 0 radical (unpaired) electrons.